The number of terminal acetylenes is 1. The maximum absolute atomic E-state index is 5.27. The molecule has 0 bridgehead atoms. The van der Waals surface area contributed by atoms with Crippen LogP contribution in [0.15, 0.2) is 5.38 Å². The van der Waals surface area contributed by atoms with Crippen molar-refractivity contribution in [1.29, 1.82) is 0 Å². The normalized spacial score (nSPS) is 12.4. The lowest BCUT2D eigenvalue weighted by atomic mass is 10.1. The van der Waals surface area contributed by atoms with E-state index in [4.69, 9.17) is 11.2 Å². The first-order chi connectivity index (χ1) is 5.77. The van der Waals surface area contributed by atoms with Crippen molar-refractivity contribution in [1.82, 2.24) is 4.98 Å². The first kappa shape index (κ1) is 9.24. The molecule has 1 atom stereocenters. The number of hydrogen-bond donors (Lipinski definition) is 0. The molecule has 0 N–H and O–H groups in total. The van der Waals surface area contributed by atoms with E-state index in [1.54, 1.807) is 18.4 Å². The van der Waals surface area contributed by atoms with Gasteiger partial charge in [0.1, 0.15) is 5.01 Å². The highest BCUT2D eigenvalue weighted by molar-refractivity contribution is 7.09. The lowest BCUT2D eigenvalue weighted by Gasteiger charge is -1.96. The Morgan fingerprint density at radius 2 is 2.58 bits per heavy atom. The summed E-state index contributed by atoms with van der Waals surface area (Å²) in [7, 11) is 1.66. The lowest BCUT2D eigenvalue weighted by Crippen LogP contribution is -1.91. The van der Waals surface area contributed by atoms with Gasteiger partial charge in [0, 0.05) is 12.5 Å². The molecule has 1 aromatic rings. The molecule has 0 saturated carbocycles. The maximum Gasteiger partial charge on any atom is 0.119 e. The number of thiazole rings is 1. The van der Waals surface area contributed by atoms with Crippen molar-refractivity contribution < 1.29 is 4.74 Å². The summed E-state index contributed by atoms with van der Waals surface area (Å²) in [5.41, 5.74) is 0.967. The Bertz CT molecular complexity index is 287. The number of nitrogens with zero attached hydrogens (tertiary/aromatic N) is 1. The van der Waals surface area contributed by atoms with Gasteiger partial charge in [-0.25, -0.2) is 4.98 Å². The van der Waals surface area contributed by atoms with Gasteiger partial charge in [-0.1, -0.05) is 5.92 Å². The van der Waals surface area contributed by atoms with Gasteiger partial charge in [-0.05, 0) is 6.92 Å². The molecule has 0 radical (unpaired) electrons. The minimum Gasteiger partial charge on any atom is -0.378 e. The fourth-order valence-electron chi connectivity index (χ4n) is 0.799. The molecule has 0 aliphatic rings. The standard InChI is InChI=1S/C9H11NOS/c1-4-7(2)8-6-12-9(10-8)5-11-3/h1,6-7H,5H2,2-3H3. The molecule has 0 aliphatic carbocycles. The average molecular weight is 181 g/mol. The van der Waals surface area contributed by atoms with E-state index in [0.29, 0.717) is 6.61 Å². The number of aromatic nitrogens is 1. The lowest BCUT2D eigenvalue weighted by molar-refractivity contribution is 0.184. The van der Waals surface area contributed by atoms with Crippen LogP contribution in [0.1, 0.15) is 23.5 Å². The van der Waals surface area contributed by atoms with Gasteiger partial charge in [-0.2, -0.15) is 0 Å². The Hall–Kier alpha value is -0.850. The number of methoxy groups -OCH3 is 1. The van der Waals surface area contributed by atoms with Crippen LogP contribution < -0.4 is 0 Å². The molecule has 1 heterocycles. The largest absolute Gasteiger partial charge is 0.378 e. The van der Waals surface area contributed by atoms with Crippen LogP contribution >= 0.6 is 11.3 Å². The van der Waals surface area contributed by atoms with Crippen LogP contribution in [0.2, 0.25) is 0 Å². The number of hydrogen-bond acceptors (Lipinski definition) is 3. The van der Waals surface area contributed by atoms with Crippen LogP contribution in [-0.2, 0) is 11.3 Å². The summed E-state index contributed by atoms with van der Waals surface area (Å²) in [6.45, 7) is 2.54. The van der Waals surface area contributed by atoms with Crippen LogP contribution in [0.25, 0.3) is 0 Å². The highest BCUT2D eigenvalue weighted by atomic mass is 32.1. The monoisotopic (exact) mass is 181 g/mol. The van der Waals surface area contributed by atoms with Crippen molar-refractivity contribution in [2.75, 3.05) is 7.11 Å². The van der Waals surface area contributed by atoms with Crippen LogP contribution in [0.4, 0.5) is 0 Å². The molecule has 12 heavy (non-hydrogen) atoms. The third-order valence-corrected chi connectivity index (χ3v) is 2.37. The topological polar surface area (TPSA) is 22.1 Å². The van der Waals surface area contributed by atoms with E-state index < -0.39 is 0 Å². The zero-order valence-electron chi connectivity index (χ0n) is 7.20. The second kappa shape index (κ2) is 4.24. The van der Waals surface area contributed by atoms with Gasteiger partial charge in [0.2, 0.25) is 0 Å². The molecule has 0 aromatic carbocycles. The van der Waals surface area contributed by atoms with Crippen LogP contribution in [0.5, 0.6) is 0 Å². The number of ether oxygens (including phenoxy) is 1. The Morgan fingerprint density at radius 3 is 3.17 bits per heavy atom. The van der Waals surface area contributed by atoms with Crippen molar-refractivity contribution in [2.45, 2.75) is 19.4 Å². The van der Waals surface area contributed by atoms with Gasteiger partial charge in [0.05, 0.1) is 18.2 Å². The second-order valence-corrected chi connectivity index (χ2v) is 3.43. The van der Waals surface area contributed by atoms with Gasteiger partial charge < -0.3 is 4.74 Å². The molecule has 0 amide bonds. The van der Waals surface area contributed by atoms with E-state index in [-0.39, 0.29) is 5.92 Å². The maximum atomic E-state index is 5.27. The zero-order valence-corrected chi connectivity index (χ0v) is 8.02. The Kier molecular flexibility index (Phi) is 3.27. The second-order valence-electron chi connectivity index (χ2n) is 2.49. The first-order valence-electron chi connectivity index (χ1n) is 3.67. The van der Waals surface area contributed by atoms with Crippen molar-refractivity contribution in [3.05, 3.63) is 16.1 Å². The van der Waals surface area contributed by atoms with E-state index in [9.17, 15) is 0 Å². The minimum absolute atomic E-state index is 0.104. The van der Waals surface area contributed by atoms with Crippen molar-refractivity contribution in [2.24, 2.45) is 0 Å². The Balaban J connectivity index is 2.71. The summed E-state index contributed by atoms with van der Waals surface area (Å²) in [6, 6.07) is 0. The highest BCUT2D eigenvalue weighted by Gasteiger charge is 2.06. The molecular formula is C9H11NOS. The molecule has 2 nitrogen and oxygen atoms in total. The van der Waals surface area contributed by atoms with Gasteiger partial charge in [-0.3, -0.25) is 0 Å². The van der Waals surface area contributed by atoms with Crippen molar-refractivity contribution in [3.63, 3.8) is 0 Å². The van der Waals surface area contributed by atoms with E-state index in [0.717, 1.165) is 10.7 Å². The van der Waals surface area contributed by atoms with E-state index >= 15 is 0 Å². The third-order valence-electron chi connectivity index (χ3n) is 1.53. The summed E-state index contributed by atoms with van der Waals surface area (Å²) in [6.07, 6.45) is 5.27. The molecule has 0 saturated heterocycles. The van der Waals surface area contributed by atoms with Gasteiger partial charge >= 0.3 is 0 Å². The minimum atomic E-state index is 0.104. The summed E-state index contributed by atoms with van der Waals surface area (Å²) in [5.74, 6) is 2.74. The quantitative estimate of drug-likeness (QED) is 0.666. The third kappa shape index (κ3) is 2.07. The van der Waals surface area contributed by atoms with Gasteiger partial charge in [0.15, 0.2) is 0 Å². The molecule has 1 unspecified atom stereocenters. The summed E-state index contributed by atoms with van der Waals surface area (Å²) >= 11 is 1.59. The molecule has 0 spiro atoms. The molecule has 3 heteroatoms. The SMILES string of the molecule is C#CC(C)c1csc(COC)n1. The average Bonchev–Trinajstić information content (AvgIpc) is 2.52. The fourth-order valence-corrected chi connectivity index (χ4v) is 1.66. The number of rotatable bonds is 3. The smallest absolute Gasteiger partial charge is 0.119 e. The molecule has 1 aromatic heterocycles. The van der Waals surface area contributed by atoms with Crippen molar-refractivity contribution in [3.8, 4) is 12.3 Å². The molecule has 0 aliphatic heterocycles. The molecule has 1 rings (SSSR count). The van der Waals surface area contributed by atoms with E-state index in [1.165, 1.54) is 0 Å². The Morgan fingerprint density at radius 1 is 1.83 bits per heavy atom. The van der Waals surface area contributed by atoms with Gasteiger partial charge in [0.25, 0.3) is 0 Å². The van der Waals surface area contributed by atoms with E-state index in [1.807, 2.05) is 12.3 Å². The molecule has 0 fully saturated rings. The summed E-state index contributed by atoms with van der Waals surface area (Å²) in [4.78, 5) is 4.32. The van der Waals surface area contributed by atoms with Crippen molar-refractivity contribution >= 4 is 11.3 Å². The molecule has 64 valence electrons. The summed E-state index contributed by atoms with van der Waals surface area (Å²) < 4.78 is 4.95. The fraction of sp³-hybridized carbons (Fsp3) is 0.444. The van der Waals surface area contributed by atoms with Crippen LogP contribution in [0.3, 0.4) is 0 Å². The van der Waals surface area contributed by atoms with Crippen LogP contribution in [-0.4, -0.2) is 12.1 Å². The zero-order chi connectivity index (χ0) is 8.97. The predicted octanol–water partition coefficient (Wildman–Crippen LogP) is 2.03. The van der Waals surface area contributed by atoms with Crippen LogP contribution in [0, 0.1) is 12.3 Å². The molecular weight excluding hydrogens is 170 g/mol. The van der Waals surface area contributed by atoms with E-state index in [2.05, 4.69) is 10.9 Å². The highest BCUT2D eigenvalue weighted by Crippen LogP contribution is 2.17. The van der Waals surface area contributed by atoms with Gasteiger partial charge in [-0.15, -0.1) is 17.8 Å². The predicted molar refractivity (Wildman–Crippen MR) is 50.1 cm³/mol. The summed E-state index contributed by atoms with van der Waals surface area (Å²) in [5, 5.41) is 2.97. The first-order valence-corrected chi connectivity index (χ1v) is 4.55. The Labute approximate surface area is 76.6 Å².